The highest BCUT2D eigenvalue weighted by Gasteiger charge is 2.35. The Morgan fingerprint density at radius 3 is 2.62 bits per heavy atom. The van der Waals surface area contributed by atoms with E-state index in [1.807, 2.05) is 18.2 Å². The normalized spacial score (nSPS) is 16.5. The number of nitrogens with zero attached hydrogens (tertiary/aromatic N) is 3. The molecule has 2 aromatic heterocycles. The number of hydrogen-bond acceptors (Lipinski definition) is 6. The van der Waals surface area contributed by atoms with Crippen molar-refractivity contribution in [3.05, 3.63) is 41.5 Å². The van der Waals surface area contributed by atoms with Gasteiger partial charge in [0.05, 0.1) is 12.2 Å². The number of pyridine rings is 1. The summed E-state index contributed by atoms with van der Waals surface area (Å²) in [5.41, 5.74) is 1.15. The number of carbonyl (C=O) groups excluding carboxylic acids is 1. The summed E-state index contributed by atoms with van der Waals surface area (Å²) < 4.78 is 32.0. The molecule has 1 saturated heterocycles. The summed E-state index contributed by atoms with van der Waals surface area (Å²) in [5.74, 6) is 0.0256. The number of amides is 1. The summed E-state index contributed by atoms with van der Waals surface area (Å²) in [6.45, 7) is 4.17. The summed E-state index contributed by atoms with van der Waals surface area (Å²) in [4.78, 5) is 16.6. The Bertz CT molecular complexity index is 852. The Kier molecular flexibility index (Phi) is 5.38. The van der Waals surface area contributed by atoms with Gasteiger partial charge in [0.2, 0.25) is 15.9 Å². The van der Waals surface area contributed by atoms with Crippen LogP contribution in [0.4, 0.5) is 0 Å². The average molecular weight is 378 g/mol. The van der Waals surface area contributed by atoms with E-state index in [0.29, 0.717) is 38.2 Å². The maximum Gasteiger partial charge on any atom is 0.248 e. The fourth-order valence-corrected chi connectivity index (χ4v) is 4.92. The third-order valence-corrected chi connectivity index (χ3v) is 6.70. The Hall–Kier alpha value is -2.26. The molecule has 0 radical (unpaired) electrons. The van der Waals surface area contributed by atoms with Crippen LogP contribution in [0.15, 0.2) is 33.8 Å². The van der Waals surface area contributed by atoms with Crippen LogP contribution in [0.25, 0.3) is 0 Å². The van der Waals surface area contributed by atoms with Gasteiger partial charge in [-0.15, -0.1) is 0 Å². The fourth-order valence-electron chi connectivity index (χ4n) is 3.16. The largest absolute Gasteiger partial charge is 0.360 e. The van der Waals surface area contributed by atoms with Gasteiger partial charge in [0.25, 0.3) is 0 Å². The van der Waals surface area contributed by atoms with Crippen molar-refractivity contribution in [2.75, 3.05) is 13.1 Å². The van der Waals surface area contributed by atoms with Crippen molar-refractivity contribution in [1.82, 2.24) is 19.8 Å². The van der Waals surface area contributed by atoms with E-state index >= 15 is 0 Å². The third kappa shape index (κ3) is 3.78. The van der Waals surface area contributed by atoms with Gasteiger partial charge >= 0.3 is 0 Å². The molecule has 1 amide bonds. The van der Waals surface area contributed by atoms with Crippen molar-refractivity contribution < 1.29 is 17.7 Å². The van der Waals surface area contributed by atoms with Gasteiger partial charge in [-0.3, -0.25) is 9.78 Å². The van der Waals surface area contributed by atoms with Crippen LogP contribution < -0.4 is 5.32 Å². The summed E-state index contributed by atoms with van der Waals surface area (Å²) in [7, 11) is -3.65. The van der Waals surface area contributed by atoms with Crippen LogP contribution in [0.1, 0.15) is 30.0 Å². The van der Waals surface area contributed by atoms with Gasteiger partial charge in [-0.05, 0) is 38.8 Å². The lowest BCUT2D eigenvalue weighted by atomic mass is 9.97. The van der Waals surface area contributed by atoms with Crippen molar-refractivity contribution in [2.45, 2.75) is 38.1 Å². The Morgan fingerprint density at radius 1 is 1.31 bits per heavy atom. The molecule has 26 heavy (non-hydrogen) atoms. The number of aromatic nitrogens is 2. The van der Waals surface area contributed by atoms with Gasteiger partial charge in [-0.2, -0.15) is 4.31 Å². The van der Waals surface area contributed by atoms with E-state index in [0.717, 1.165) is 5.69 Å². The van der Waals surface area contributed by atoms with Gasteiger partial charge in [0.1, 0.15) is 10.6 Å². The summed E-state index contributed by atoms with van der Waals surface area (Å²) in [6.07, 6.45) is 2.65. The lowest BCUT2D eigenvalue weighted by Gasteiger charge is -2.30. The van der Waals surface area contributed by atoms with Gasteiger partial charge in [0.15, 0.2) is 5.76 Å². The van der Waals surface area contributed by atoms with Crippen LogP contribution >= 0.6 is 0 Å². The maximum atomic E-state index is 12.8. The molecule has 0 unspecified atom stereocenters. The van der Waals surface area contributed by atoms with Gasteiger partial charge in [0, 0.05) is 25.2 Å². The molecule has 3 heterocycles. The fraction of sp³-hybridized carbons (Fsp3) is 0.471. The quantitative estimate of drug-likeness (QED) is 0.843. The van der Waals surface area contributed by atoms with Crippen molar-refractivity contribution in [3.8, 4) is 0 Å². The molecule has 0 bridgehead atoms. The summed E-state index contributed by atoms with van der Waals surface area (Å²) in [6, 6.07) is 5.53. The number of aryl methyl sites for hydroxylation is 2. The number of nitrogens with one attached hydrogen (secondary N) is 1. The van der Waals surface area contributed by atoms with Crippen LogP contribution in [-0.2, 0) is 21.4 Å². The van der Waals surface area contributed by atoms with E-state index in [2.05, 4.69) is 15.5 Å². The van der Waals surface area contributed by atoms with E-state index in [4.69, 9.17) is 4.52 Å². The average Bonchev–Trinajstić information content (AvgIpc) is 2.99. The minimum atomic E-state index is -3.65. The SMILES string of the molecule is Cc1noc(C)c1S(=O)(=O)N1CCC(C(=O)NCc2ccccn2)CC1. The van der Waals surface area contributed by atoms with Crippen LogP contribution in [0.3, 0.4) is 0 Å². The molecule has 1 aliphatic heterocycles. The first kappa shape index (κ1) is 18.5. The first-order valence-electron chi connectivity index (χ1n) is 8.50. The summed E-state index contributed by atoms with van der Waals surface area (Å²) >= 11 is 0. The van der Waals surface area contributed by atoms with Crippen molar-refractivity contribution in [3.63, 3.8) is 0 Å². The number of hydrogen-bond donors (Lipinski definition) is 1. The summed E-state index contributed by atoms with van der Waals surface area (Å²) in [5, 5.41) is 6.60. The second-order valence-corrected chi connectivity index (χ2v) is 8.25. The van der Waals surface area contributed by atoms with Crippen LogP contribution in [0, 0.1) is 19.8 Å². The number of piperidine rings is 1. The molecule has 1 N–H and O–H groups in total. The van der Waals surface area contributed by atoms with E-state index in [9.17, 15) is 13.2 Å². The van der Waals surface area contributed by atoms with Gasteiger partial charge in [-0.1, -0.05) is 11.2 Å². The second kappa shape index (κ2) is 7.55. The lowest BCUT2D eigenvalue weighted by Crippen LogP contribution is -2.43. The molecule has 9 heteroatoms. The zero-order valence-electron chi connectivity index (χ0n) is 14.8. The number of carbonyl (C=O) groups is 1. The van der Waals surface area contributed by atoms with Crippen LogP contribution in [0.5, 0.6) is 0 Å². The molecule has 0 saturated carbocycles. The molecule has 140 valence electrons. The van der Waals surface area contributed by atoms with E-state index in [1.165, 1.54) is 4.31 Å². The van der Waals surface area contributed by atoms with Crippen molar-refractivity contribution >= 4 is 15.9 Å². The molecule has 0 spiro atoms. The Morgan fingerprint density at radius 2 is 2.04 bits per heavy atom. The van der Waals surface area contributed by atoms with Crippen molar-refractivity contribution in [1.29, 1.82) is 0 Å². The predicted molar refractivity (Wildman–Crippen MR) is 93.5 cm³/mol. The van der Waals surface area contributed by atoms with Crippen LogP contribution in [-0.4, -0.2) is 41.9 Å². The number of sulfonamides is 1. The van der Waals surface area contributed by atoms with E-state index < -0.39 is 10.0 Å². The minimum absolute atomic E-state index is 0.0648. The molecule has 0 aromatic carbocycles. The molecule has 0 aliphatic carbocycles. The molecule has 8 nitrogen and oxygen atoms in total. The van der Waals surface area contributed by atoms with Crippen molar-refractivity contribution in [2.24, 2.45) is 5.92 Å². The molecular formula is C17H22N4O4S. The minimum Gasteiger partial charge on any atom is -0.360 e. The highest BCUT2D eigenvalue weighted by Crippen LogP contribution is 2.27. The Labute approximate surface area is 152 Å². The smallest absolute Gasteiger partial charge is 0.248 e. The monoisotopic (exact) mass is 378 g/mol. The molecule has 3 rings (SSSR count). The standard InChI is InChI=1S/C17H22N4O4S/c1-12-16(13(2)25-20-12)26(23,24)21-9-6-14(7-10-21)17(22)19-11-15-5-3-4-8-18-15/h3-5,8,14H,6-7,9-11H2,1-2H3,(H,19,22). The maximum absolute atomic E-state index is 12.8. The first-order valence-corrected chi connectivity index (χ1v) is 9.94. The molecule has 0 atom stereocenters. The van der Waals surface area contributed by atoms with E-state index in [1.54, 1.807) is 20.0 Å². The predicted octanol–water partition coefficient (Wildman–Crippen LogP) is 1.40. The highest BCUT2D eigenvalue weighted by molar-refractivity contribution is 7.89. The topological polar surface area (TPSA) is 105 Å². The zero-order chi connectivity index (χ0) is 18.7. The number of rotatable bonds is 5. The zero-order valence-corrected chi connectivity index (χ0v) is 15.6. The lowest BCUT2D eigenvalue weighted by molar-refractivity contribution is -0.126. The molecule has 1 fully saturated rings. The third-order valence-electron chi connectivity index (χ3n) is 4.56. The van der Waals surface area contributed by atoms with Gasteiger partial charge in [-0.25, -0.2) is 8.42 Å². The Balaban J connectivity index is 1.58. The second-order valence-electron chi connectivity index (χ2n) is 6.37. The molecule has 2 aromatic rings. The van der Waals surface area contributed by atoms with Crippen LogP contribution in [0.2, 0.25) is 0 Å². The first-order chi connectivity index (χ1) is 12.4. The van der Waals surface area contributed by atoms with E-state index in [-0.39, 0.29) is 22.5 Å². The highest BCUT2D eigenvalue weighted by atomic mass is 32.2. The van der Waals surface area contributed by atoms with Gasteiger partial charge < -0.3 is 9.84 Å². The molecular weight excluding hydrogens is 356 g/mol. The molecule has 1 aliphatic rings.